The highest BCUT2D eigenvalue weighted by Crippen LogP contribution is 2.16. The number of carbonyl (C=O) groups excluding carboxylic acids is 3. The molecule has 0 saturated heterocycles. The summed E-state index contributed by atoms with van der Waals surface area (Å²) < 4.78 is 16.8. The number of esters is 3. The van der Waals surface area contributed by atoms with Crippen LogP contribution in [0.2, 0.25) is 0 Å². The molecule has 63 heavy (non-hydrogen) atoms. The summed E-state index contributed by atoms with van der Waals surface area (Å²) in [6.07, 6.45) is 62.5. The third-order valence-corrected chi connectivity index (χ3v) is 11.8. The topological polar surface area (TPSA) is 78.9 Å². The van der Waals surface area contributed by atoms with Crippen molar-refractivity contribution in [1.29, 1.82) is 0 Å². The van der Waals surface area contributed by atoms with Crippen LogP contribution in [0.4, 0.5) is 0 Å². The van der Waals surface area contributed by atoms with Crippen LogP contribution in [0.3, 0.4) is 0 Å². The van der Waals surface area contributed by atoms with Crippen LogP contribution in [0.15, 0.2) is 48.6 Å². The van der Waals surface area contributed by atoms with E-state index in [4.69, 9.17) is 14.2 Å². The van der Waals surface area contributed by atoms with Gasteiger partial charge in [-0.2, -0.15) is 0 Å². The standard InChI is InChI=1S/C57H102O6/c1-4-7-10-13-16-19-22-24-26-28-30-32-35-38-41-44-47-50-56(59)62-53-54(52-61-55(58)49-46-43-40-37-34-21-18-15-12-9-6-3)63-57(60)51-48-45-42-39-36-33-31-29-27-25-23-20-17-14-11-8-5-2/h15,18,24,26,30,32,38,41,54H,4-14,16-17,19-23,25,27-29,31,33-37,39-40,42-53H2,1-3H3/b18-15-,26-24-,32-30-,41-38-/t54-/m0/s1. The van der Waals surface area contributed by atoms with Crippen molar-refractivity contribution in [2.45, 2.75) is 284 Å². The lowest BCUT2D eigenvalue weighted by Gasteiger charge is -2.18. The Kier molecular flexibility index (Phi) is 49.8. The second-order valence-electron chi connectivity index (χ2n) is 18.1. The van der Waals surface area contributed by atoms with Crippen LogP contribution in [0, 0.1) is 0 Å². The summed E-state index contributed by atoms with van der Waals surface area (Å²) in [4.78, 5) is 38.0. The molecule has 0 saturated carbocycles. The van der Waals surface area contributed by atoms with E-state index in [0.29, 0.717) is 25.7 Å². The second kappa shape index (κ2) is 52.0. The Hall–Kier alpha value is -2.63. The maximum Gasteiger partial charge on any atom is 0.306 e. The predicted octanol–water partition coefficient (Wildman–Crippen LogP) is 17.9. The normalized spacial score (nSPS) is 12.4. The minimum Gasteiger partial charge on any atom is -0.462 e. The molecule has 0 aliphatic rings. The number of carbonyl (C=O) groups is 3. The van der Waals surface area contributed by atoms with Crippen molar-refractivity contribution in [3.8, 4) is 0 Å². The van der Waals surface area contributed by atoms with Gasteiger partial charge in [0, 0.05) is 19.3 Å². The van der Waals surface area contributed by atoms with Gasteiger partial charge in [-0.1, -0.05) is 236 Å². The van der Waals surface area contributed by atoms with Gasteiger partial charge in [0.05, 0.1) is 0 Å². The molecule has 0 amide bonds. The maximum absolute atomic E-state index is 12.8. The molecule has 366 valence electrons. The molecule has 0 heterocycles. The number of hydrogen-bond donors (Lipinski definition) is 0. The third kappa shape index (κ3) is 50.2. The molecular weight excluding hydrogens is 781 g/mol. The molecule has 0 spiro atoms. The Labute approximate surface area is 390 Å². The van der Waals surface area contributed by atoms with Gasteiger partial charge in [-0.3, -0.25) is 14.4 Å². The fourth-order valence-electron chi connectivity index (χ4n) is 7.68. The van der Waals surface area contributed by atoms with Crippen LogP contribution in [0.25, 0.3) is 0 Å². The molecule has 0 aliphatic heterocycles. The van der Waals surface area contributed by atoms with Crippen molar-refractivity contribution in [2.24, 2.45) is 0 Å². The Morgan fingerprint density at radius 2 is 0.603 bits per heavy atom. The number of rotatable bonds is 49. The summed E-state index contributed by atoms with van der Waals surface area (Å²) in [6.45, 7) is 6.57. The Morgan fingerprint density at radius 3 is 1.02 bits per heavy atom. The SMILES string of the molecule is CCCC/C=C\CCCCCCCC(=O)OC[C@@H](COC(=O)CCC/C=C\C/C=C\C/C=C\CCCCCCCC)OC(=O)CCCCCCCCCCCCCCCCCCC. The average Bonchev–Trinajstić information content (AvgIpc) is 3.28. The highest BCUT2D eigenvalue weighted by molar-refractivity contribution is 5.71. The summed E-state index contributed by atoms with van der Waals surface area (Å²) in [5.74, 6) is -0.944. The van der Waals surface area contributed by atoms with Crippen LogP contribution < -0.4 is 0 Å². The van der Waals surface area contributed by atoms with Crippen LogP contribution >= 0.6 is 0 Å². The van der Waals surface area contributed by atoms with Crippen LogP contribution in [-0.4, -0.2) is 37.2 Å². The van der Waals surface area contributed by atoms with E-state index in [-0.39, 0.29) is 31.1 Å². The van der Waals surface area contributed by atoms with Gasteiger partial charge in [-0.05, 0) is 70.6 Å². The van der Waals surface area contributed by atoms with E-state index in [0.717, 1.165) is 64.2 Å². The summed E-state index contributed by atoms with van der Waals surface area (Å²) in [6, 6.07) is 0. The van der Waals surface area contributed by atoms with Gasteiger partial charge in [0.1, 0.15) is 13.2 Å². The zero-order valence-corrected chi connectivity index (χ0v) is 41.8. The Balaban J connectivity index is 4.40. The molecule has 0 aliphatic carbocycles. The van der Waals surface area contributed by atoms with E-state index in [1.165, 1.54) is 167 Å². The number of unbranched alkanes of at least 4 members (excludes halogenated alkanes) is 30. The highest BCUT2D eigenvalue weighted by atomic mass is 16.6. The molecule has 0 bridgehead atoms. The zero-order valence-electron chi connectivity index (χ0n) is 41.8. The van der Waals surface area contributed by atoms with Crippen molar-refractivity contribution >= 4 is 17.9 Å². The van der Waals surface area contributed by atoms with Gasteiger partial charge in [-0.15, -0.1) is 0 Å². The third-order valence-electron chi connectivity index (χ3n) is 11.8. The first-order valence-corrected chi connectivity index (χ1v) is 27.1. The summed E-state index contributed by atoms with van der Waals surface area (Å²) in [5.41, 5.74) is 0. The largest absolute Gasteiger partial charge is 0.462 e. The molecule has 0 aromatic heterocycles. The molecule has 0 unspecified atom stereocenters. The molecule has 6 heteroatoms. The van der Waals surface area contributed by atoms with Crippen LogP contribution in [0.1, 0.15) is 278 Å². The first-order chi connectivity index (χ1) is 31.0. The quantitative estimate of drug-likeness (QED) is 0.0262. The molecule has 0 rings (SSSR count). The summed E-state index contributed by atoms with van der Waals surface area (Å²) in [5, 5.41) is 0. The minimum absolute atomic E-state index is 0.0908. The Bertz CT molecular complexity index is 1110. The fourth-order valence-corrected chi connectivity index (χ4v) is 7.68. The number of allylic oxidation sites excluding steroid dienone is 8. The minimum atomic E-state index is -0.793. The van der Waals surface area contributed by atoms with Crippen molar-refractivity contribution in [1.82, 2.24) is 0 Å². The average molecular weight is 883 g/mol. The van der Waals surface area contributed by atoms with E-state index in [1.807, 2.05) is 0 Å². The van der Waals surface area contributed by atoms with Gasteiger partial charge in [0.25, 0.3) is 0 Å². The van der Waals surface area contributed by atoms with Crippen molar-refractivity contribution in [2.75, 3.05) is 13.2 Å². The maximum atomic E-state index is 12.8. The first kappa shape index (κ1) is 60.4. The molecule has 0 aromatic carbocycles. The van der Waals surface area contributed by atoms with Crippen LogP contribution in [-0.2, 0) is 28.6 Å². The molecular formula is C57H102O6. The van der Waals surface area contributed by atoms with Gasteiger partial charge in [-0.25, -0.2) is 0 Å². The predicted molar refractivity (Wildman–Crippen MR) is 270 cm³/mol. The van der Waals surface area contributed by atoms with Gasteiger partial charge < -0.3 is 14.2 Å². The van der Waals surface area contributed by atoms with E-state index >= 15 is 0 Å². The van der Waals surface area contributed by atoms with Gasteiger partial charge >= 0.3 is 17.9 Å². The molecule has 0 radical (unpaired) electrons. The van der Waals surface area contributed by atoms with Crippen LogP contribution in [0.5, 0.6) is 0 Å². The first-order valence-electron chi connectivity index (χ1n) is 27.1. The van der Waals surface area contributed by atoms with Crippen molar-refractivity contribution in [3.63, 3.8) is 0 Å². The lowest BCUT2D eigenvalue weighted by atomic mass is 10.0. The lowest BCUT2D eigenvalue weighted by Crippen LogP contribution is -2.30. The molecule has 0 aromatic rings. The Morgan fingerprint density at radius 1 is 0.317 bits per heavy atom. The summed E-state index contributed by atoms with van der Waals surface area (Å²) in [7, 11) is 0. The lowest BCUT2D eigenvalue weighted by molar-refractivity contribution is -0.167. The second-order valence-corrected chi connectivity index (χ2v) is 18.1. The van der Waals surface area contributed by atoms with Crippen molar-refractivity contribution in [3.05, 3.63) is 48.6 Å². The van der Waals surface area contributed by atoms with Gasteiger partial charge in [0.2, 0.25) is 0 Å². The monoisotopic (exact) mass is 883 g/mol. The smallest absolute Gasteiger partial charge is 0.306 e. The van der Waals surface area contributed by atoms with E-state index in [9.17, 15) is 14.4 Å². The number of ether oxygens (including phenoxy) is 3. The van der Waals surface area contributed by atoms with E-state index in [1.54, 1.807) is 0 Å². The van der Waals surface area contributed by atoms with E-state index < -0.39 is 6.10 Å². The van der Waals surface area contributed by atoms with E-state index in [2.05, 4.69) is 69.4 Å². The van der Waals surface area contributed by atoms with Gasteiger partial charge in [0.15, 0.2) is 6.10 Å². The molecule has 1 atom stereocenters. The fraction of sp³-hybridized carbons (Fsp3) is 0.807. The number of hydrogen-bond acceptors (Lipinski definition) is 6. The molecule has 6 nitrogen and oxygen atoms in total. The van der Waals surface area contributed by atoms with Crippen molar-refractivity contribution < 1.29 is 28.6 Å². The summed E-state index contributed by atoms with van der Waals surface area (Å²) >= 11 is 0. The highest BCUT2D eigenvalue weighted by Gasteiger charge is 2.19. The zero-order chi connectivity index (χ0) is 45.8. The molecule has 0 N–H and O–H groups in total. The molecule has 0 fully saturated rings.